The van der Waals surface area contributed by atoms with E-state index in [1.165, 1.54) is 6.34 Å². The number of benzene rings is 1. The molecule has 1 aromatic rings. The third kappa shape index (κ3) is 2.05. The highest BCUT2D eigenvalue weighted by atomic mass is 16.5. The van der Waals surface area contributed by atoms with Crippen molar-refractivity contribution >= 4 is 23.8 Å². The van der Waals surface area contributed by atoms with Gasteiger partial charge in [-0.25, -0.2) is 20.0 Å². The van der Waals surface area contributed by atoms with Gasteiger partial charge in [-0.1, -0.05) is 30.3 Å². The van der Waals surface area contributed by atoms with Gasteiger partial charge >= 0.3 is 0 Å². The van der Waals surface area contributed by atoms with Crippen LogP contribution in [0.3, 0.4) is 0 Å². The zero-order valence-corrected chi connectivity index (χ0v) is 9.52. The van der Waals surface area contributed by atoms with E-state index in [0.29, 0.717) is 24.1 Å². The van der Waals surface area contributed by atoms with Crippen molar-refractivity contribution in [1.29, 1.82) is 0 Å². The summed E-state index contributed by atoms with van der Waals surface area (Å²) >= 11 is 0. The molecule has 2 heterocycles. The molecular weight excluding hydrogens is 230 g/mol. The van der Waals surface area contributed by atoms with Crippen molar-refractivity contribution in [3.05, 3.63) is 35.9 Å². The highest BCUT2D eigenvalue weighted by Gasteiger charge is 2.25. The second-order valence-corrected chi connectivity index (χ2v) is 3.80. The summed E-state index contributed by atoms with van der Waals surface area (Å²) in [6, 6.07) is 9.82. The molecule has 2 N–H and O–H groups in total. The molecule has 0 spiro atoms. The quantitative estimate of drug-likeness (QED) is 0.828. The van der Waals surface area contributed by atoms with Gasteiger partial charge in [0.25, 0.3) is 0 Å². The van der Waals surface area contributed by atoms with E-state index in [1.54, 1.807) is 0 Å². The van der Waals surface area contributed by atoms with Gasteiger partial charge in [0, 0.05) is 0 Å². The predicted octanol–water partition coefficient (Wildman–Crippen LogP) is 0.739. The van der Waals surface area contributed by atoms with E-state index in [4.69, 9.17) is 10.5 Å². The Morgan fingerprint density at radius 2 is 2.00 bits per heavy atom. The van der Waals surface area contributed by atoms with Gasteiger partial charge in [0.2, 0.25) is 5.90 Å². The molecule has 0 fully saturated rings. The van der Waals surface area contributed by atoms with Crippen LogP contribution in [0.4, 0.5) is 0 Å². The number of ether oxygens (including phenoxy) is 1. The maximum atomic E-state index is 5.67. The maximum Gasteiger partial charge on any atom is 0.242 e. The number of nitrogens with zero attached hydrogens (tertiary/aromatic N) is 4. The van der Waals surface area contributed by atoms with E-state index in [-0.39, 0.29) is 0 Å². The van der Waals surface area contributed by atoms with E-state index in [2.05, 4.69) is 20.0 Å². The standard InChI is InChI=1S/C12H11N5O/c13-12-16-10-9(14-7-15-10)11(17-12)18-6-8-4-2-1-3-5-8/h1-5,7,12H,6,13H2. The van der Waals surface area contributed by atoms with Gasteiger partial charge < -0.3 is 4.74 Å². The van der Waals surface area contributed by atoms with Crippen molar-refractivity contribution in [2.24, 2.45) is 25.7 Å². The van der Waals surface area contributed by atoms with Gasteiger partial charge in [-0.15, -0.1) is 0 Å². The Bertz CT molecular complexity index is 573. The molecule has 6 nitrogen and oxygen atoms in total. The number of hydrogen-bond donors (Lipinski definition) is 1. The number of amidine groups is 1. The van der Waals surface area contributed by atoms with Crippen LogP contribution in [0.5, 0.6) is 0 Å². The zero-order chi connectivity index (χ0) is 12.4. The van der Waals surface area contributed by atoms with Gasteiger partial charge in [0.05, 0.1) is 0 Å². The Hall–Kier alpha value is -2.34. The first kappa shape index (κ1) is 10.8. The largest absolute Gasteiger partial charge is 0.471 e. The van der Waals surface area contributed by atoms with E-state index in [0.717, 1.165) is 5.56 Å². The summed E-state index contributed by atoms with van der Waals surface area (Å²) in [5, 5.41) is 0. The molecule has 0 saturated carbocycles. The molecule has 0 aliphatic carbocycles. The molecule has 1 unspecified atom stereocenters. The zero-order valence-electron chi connectivity index (χ0n) is 9.52. The van der Waals surface area contributed by atoms with Crippen molar-refractivity contribution in [3.63, 3.8) is 0 Å². The summed E-state index contributed by atoms with van der Waals surface area (Å²) < 4.78 is 5.63. The minimum atomic E-state index is -0.667. The molecule has 0 amide bonds. The lowest BCUT2D eigenvalue weighted by Gasteiger charge is -2.15. The number of rotatable bonds is 2. The van der Waals surface area contributed by atoms with Crippen molar-refractivity contribution < 1.29 is 4.74 Å². The minimum Gasteiger partial charge on any atom is -0.471 e. The molecule has 1 aromatic carbocycles. The lowest BCUT2D eigenvalue weighted by molar-refractivity contribution is 0.295. The monoisotopic (exact) mass is 241 g/mol. The molecule has 90 valence electrons. The number of nitrogens with two attached hydrogens (primary N) is 1. The molecule has 6 heteroatoms. The summed E-state index contributed by atoms with van der Waals surface area (Å²) in [7, 11) is 0. The van der Waals surface area contributed by atoms with Crippen LogP contribution in [0, 0.1) is 0 Å². The first-order valence-electron chi connectivity index (χ1n) is 5.52. The Morgan fingerprint density at radius 3 is 2.83 bits per heavy atom. The smallest absolute Gasteiger partial charge is 0.242 e. The molecule has 2 aliphatic rings. The van der Waals surface area contributed by atoms with Gasteiger partial charge in [0.15, 0.2) is 17.8 Å². The van der Waals surface area contributed by atoms with Gasteiger partial charge in [-0.3, -0.25) is 5.73 Å². The minimum absolute atomic E-state index is 0.397. The summed E-state index contributed by atoms with van der Waals surface area (Å²) in [6.45, 7) is 0.415. The van der Waals surface area contributed by atoms with Crippen LogP contribution in [-0.4, -0.2) is 30.1 Å². The normalized spacial score (nSPS) is 20.9. The van der Waals surface area contributed by atoms with E-state index >= 15 is 0 Å². The van der Waals surface area contributed by atoms with Crippen LogP contribution in [0.2, 0.25) is 0 Å². The second-order valence-electron chi connectivity index (χ2n) is 3.80. The molecular formula is C12H11N5O. The van der Waals surface area contributed by atoms with Gasteiger partial charge in [0.1, 0.15) is 12.9 Å². The molecule has 0 bridgehead atoms. The van der Waals surface area contributed by atoms with Crippen LogP contribution in [0.15, 0.2) is 50.3 Å². The van der Waals surface area contributed by atoms with Crippen LogP contribution in [0.25, 0.3) is 0 Å². The molecule has 18 heavy (non-hydrogen) atoms. The van der Waals surface area contributed by atoms with Crippen molar-refractivity contribution in [2.75, 3.05) is 0 Å². The molecule has 2 aliphatic heterocycles. The van der Waals surface area contributed by atoms with E-state index < -0.39 is 6.29 Å². The van der Waals surface area contributed by atoms with Gasteiger partial charge in [-0.2, -0.15) is 0 Å². The fourth-order valence-corrected chi connectivity index (χ4v) is 1.67. The second kappa shape index (κ2) is 4.50. The topological polar surface area (TPSA) is 84.7 Å². The fraction of sp³-hybridized carbons (Fsp3) is 0.167. The van der Waals surface area contributed by atoms with Crippen molar-refractivity contribution in [3.8, 4) is 0 Å². The highest BCUT2D eigenvalue weighted by Crippen LogP contribution is 2.09. The third-order valence-corrected chi connectivity index (χ3v) is 2.50. The fourth-order valence-electron chi connectivity index (χ4n) is 1.67. The first-order valence-corrected chi connectivity index (χ1v) is 5.52. The first-order chi connectivity index (χ1) is 8.83. The molecule has 3 rings (SSSR count). The van der Waals surface area contributed by atoms with Crippen LogP contribution < -0.4 is 5.73 Å². The molecule has 1 atom stereocenters. The number of hydrogen-bond acceptors (Lipinski definition) is 6. The highest BCUT2D eigenvalue weighted by molar-refractivity contribution is 6.69. The molecule has 0 aromatic heterocycles. The Kier molecular flexibility index (Phi) is 2.70. The summed E-state index contributed by atoms with van der Waals surface area (Å²) in [6.07, 6.45) is 0.758. The lowest BCUT2D eigenvalue weighted by atomic mass is 10.2. The van der Waals surface area contributed by atoms with Crippen molar-refractivity contribution in [2.45, 2.75) is 12.9 Å². The third-order valence-electron chi connectivity index (χ3n) is 2.50. The summed E-state index contributed by atoms with van der Waals surface area (Å²) in [4.78, 5) is 16.2. The van der Waals surface area contributed by atoms with Crippen LogP contribution in [-0.2, 0) is 11.3 Å². The summed E-state index contributed by atoms with van der Waals surface area (Å²) in [5.41, 5.74) is 7.27. The lowest BCUT2D eigenvalue weighted by Crippen LogP contribution is -2.33. The predicted molar refractivity (Wildman–Crippen MR) is 70.0 cm³/mol. The van der Waals surface area contributed by atoms with Crippen molar-refractivity contribution in [1.82, 2.24) is 0 Å². The Balaban J connectivity index is 1.74. The van der Waals surface area contributed by atoms with Crippen LogP contribution >= 0.6 is 0 Å². The summed E-state index contributed by atoms with van der Waals surface area (Å²) in [5.74, 6) is 0.884. The number of aliphatic imine (C=N–C) groups is 4. The molecule has 0 saturated heterocycles. The SMILES string of the molecule is NC1N=C2N=CN=C2C(OCc2ccccc2)=N1. The van der Waals surface area contributed by atoms with Gasteiger partial charge in [-0.05, 0) is 5.56 Å². The van der Waals surface area contributed by atoms with E-state index in [9.17, 15) is 0 Å². The Morgan fingerprint density at radius 1 is 1.17 bits per heavy atom. The van der Waals surface area contributed by atoms with Crippen LogP contribution in [0.1, 0.15) is 5.56 Å². The maximum absolute atomic E-state index is 5.67. The Labute approximate surface area is 104 Å². The molecule has 0 radical (unpaired) electrons. The van der Waals surface area contributed by atoms with E-state index in [1.807, 2.05) is 30.3 Å². The average Bonchev–Trinajstić information content (AvgIpc) is 2.85. The number of fused-ring (bicyclic) bond motifs is 1. The average molecular weight is 241 g/mol.